The van der Waals surface area contributed by atoms with Crippen LogP contribution in [0.15, 0.2) is 85.5 Å². The zero-order chi connectivity index (χ0) is 22.7. The summed E-state index contributed by atoms with van der Waals surface area (Å²) in [7, 11) is 0. The molecule has 2 aromatic carbocycles. The maximum absolute atomic E-state index is 13.9. The molecule has 1 aliphatic heterocycles. The van der Waals surface area contributed by atoms with Crippen molar-refractivity contribution >= 4 is 11.6 Å². The maximum Gasteiger partial charge on any atom is 0.264 e. The van der Waals surface area contributed by atoms with Gasteiger partial charge in [-0.3, -0.25) is 9.78 Å². The topological polar surface area (TPSA) is 80.0 Å². The predicted molar refractivity (Wildman–Crippen MR) is 123 cm³/mol. The summed E-state index contributed by atoms with van der Waals surface area (Å²) in [6.07, 6.45) is 8.00. The van der Waals surface area contributed by atoms with Crippen molar-refractivity contribution < 1.29 is 14.6 Å². The van der Waals surface area contributed by atoms with Crippen LogP contribution in [0.25, 0.3) is 5.65 Å². The first-order chi connectivity index (χ1) is 16.1. The van der Waals surface area contributed by atoms with Crippen LogP contribution in [0.2, 0.25) is 0 Å². The van der Waals surface area contributed by atoms with E-state index >= 15 is 0 Å². The van der Waals surface area contributed by atoms with E-state index in [1.807, 2.05) is 53.2 Å². The largest absolute Gasteiger partial charge is 0.379 e. The van der Waals surface area contributed by atoms with E-state index in [0.29, 0.717) is 43.9 Å². The second-order valence-electron chi connectivity index (χ2n) is 8.41. The SMILES string of the molecule is O=C(N1CCOCC(Cc2cn3ccnc3cn2)C1)C(O)(c1ccccc1)c1ccccc1. The summed E-state index contributed by atoms with van der Waals surface area (Å²) in [5.74, 6) is -0.283. The monoisotopic (exact) mass is 442 g/mol. The van der Waals surface area contributed by atoms with Crippen LogP contribution >= 0.6 is 0 Å². The molecule has 0 bridgehead atoms. The van der Waals surface area contributed by atoms with Crippen LogP contribution in [0, 0.1) is 5.92 Å². The molecule has 168 valence electrons. The Morgan fingerprint density at radius 3 is 2.45 bits per heavy atom. The Balaban J connectivity index is 1.42. The molecule has 1 aliphatic rings. The first-order valence-corrected chi connectivity index (χ1v) is 11.1. The molecule has 7 heteroatoms. The third-order valence-electron chi connectivity index (χ3n) is 6.15. The van der Waals surface area contributed by atoms with Gasteiger partial charge in [-0.25, -0.2) is 4.98 Å². The highest BCUT2D eigenvalue weighted by Crippen LogP contribution is 2.32. The Morgan fingerprint density at radius 1 is 1.06 bits per heavy atom. The van der Waals surface area contributed by atoms with E-state index in [0.717, 1.165) is 11.3 Å². The van der Waals surface area contributed by atoms with E-state index in [9.17, 15) is 9.90 Å². The smallest absolute Gasteiger partial charge is 0.264 e. The van der Waals surface area contributed by atoms with E-state index < -0.39 is 5.60 Å². The minimum atomic E-state index is -1.77. The van der Waals surface area contributed by atoms with Crippen LogP contribution in [-0.2, 0) is 21.6 Å². The number of hydrogen-bond acceptors (Lipinski definition) is 5. The highest BCUT2D eigenvalue weighted by atomic mass is 16.5. The van der Waals surface area contributed by atoms with Gasteiger partial charge in [0.1, 0.15) is 0 Å². The van der Waals surface area contributed by atoms with E-state index in [4.69, 9.17) is 4.74 Å². The number of carbonyl (C=O) groups excluding carboxylic acids is 1. The fourth-order valence-electron chi connectivity index (χ4n) is 4.46. The lowest BCUT2D eigenvalue weighted by molar-refractivity contribution is -0.148. The van der Waals surface area contributed by atoms with Crippen molar-refractivity contribution in [3.8, 4) is 0 Å². The van der Waals surface area contributed by atoms with Gasteiger partial charge in [-0.15, -0.1) is 0 Å². The quantitative estimate of drug-likeness (QED) is 0.514. The first-order valence-electron chi connectivity index (χ1n) is 11.1. The Kier molecular flexibility index (Phi) is 5.90. The van der Waals surface area contributed by atoms with Crippen LogP contribution in [0.3, 0.4) is 0 Å². The van der Waals surface area contributed by atoms with Crippen LogP contribution in [0.5, 0.6) is 0 Å². The van der Waals surface area contributed by atoms with Gasteiger partial charge in [0.25, 0.3) is 5.91 Å². The first kappa shape index (κ1) is 21.3. The van der Waals surface area contributed by atoms with Crippen LogP contribution in [0.1, 0.15) is 16.8 Å². The van der Waals surface area contributed by atoms with Crippen LogP contribution in [0.4, 0.5) is 0 Å². The molecule has 1 fully saturated rings. The second kappa shape index (κ2) is 9.13. The molecule has 0 aliphatic carbocycles. The molecule has 1 N–H and O–H groups in total. The summed E-state index contributed by atoms with van der Waals surface area (Å²) in [4.78, 5) is 24.4. The average Bonchev–Trinajstić information content (AvgIpc) is 3.21. The number of hydrogen-bond donors (Lipinski definition) is 1. The number of rotatable bonds is 5. The lowest BCUT2D eigenvalue weighted by atomic mass is 9.84. The molecule has 7 nitrogen and oxygen atoms in total. The number of amides is 1. The summed E-state index contributed by atoms with van der Waals surface area (Å²) in [5, 5.41) is 11.9. The van der Waals surface area contributed by atoms with Crippen molar-refractivity contribution in [2.75, 3.05) is 26.3 Å². The summed E-state index contributed by atoms with van der Waals surface area (Å²) in [5.41, 5.74) is 1.03. The van der Waals surface area contributed by atoms with Gasteiger partial charge < -0.3 is 19.1 Å². The Morgan fingerprint density at radius 2 is 1.76 bits per heavy atom. The van der Waals surface area contributed by atoms with Crippen LogP contribution < -0.4 is 0 Å². The number of fused-ring (bicyclic) bond motifs is 1. The van der Waals surface area contributed by atoms with E-state index in [-0.39, 0.29) is 11.8 Å². The van der Waals surface area contributed by atoms with Gasteiger partial charge in [0, 0.05) is 37.6 Å². The molecular formula is C26H26N4O3. The lowest BCUT2D eigenvalue weighted by Gasteiger charge is -2.34. The van der Waals surface area contributed by atoms with Gasteiger partial charge >= 0.3 is 0 Å². The number of ether oxygens (including phenoxy) is 1. The molecule has 3 heterocycles. The molecule has 1 amide bonds. The van der Waals surface area contributed by atoms with E-state index in [1.165, 1.54) is 0 Å². The molecule has 2 aromatic heterocycles. The maximum atomic E-state index is 13.9. The summed E-state index contributed by atoms with van der Waals surface area (Å²) in [6.45, 7) is 1.86. The molecule has 0 spiro atoms. The van der Waals surface area contributed by atoms with Gasteiger partial charge in [0.2, 0.25) is 0 Å². The predicted octanol–water partition coefficient (Wildman–Crippen LogP) is 2.68. The Labute approximate surface area is 192 Å². The van der Waals surface area contributed by atoms with E-state index in [1.54, 1.807) is 41.6 Å². The van der Waals surface area contributed by atoms with Crippen molar-refractivity contribution in [1.29, 1.82) is 0 Å². The summed E-state index contributed by atoms with van der Waals surface area (Å²) >= 11 is 0. The van der Waals surface area contributed by atoms with Crippen molar-refractivity contribution in [2.45, 2.75) is 12.0 Å². The number of aliphatic hydroxyl groups is 1. The molecule has 1 atom stereocenters. The van der Waals surface area contributed by atoms with Gasteiger partial charge in [-0.1, -0.05) is 60.7 Å². The number of nitrogens with zero attached hydrogens (tertiary/aromatic N) is 4. The molecular weight excluding hydrogens is 416 g/mol. The standard InChI is InChI=1S/C26H26N4O3/c31-25(26(32,21-7-3-1-4-8-21)22-9-5-2-6-10-22)30-13-14-33-19-20(17-30)15-23-18-29-12-11-27-24(29)16-28-23/h1-12,16,18,20,32H,13-15,17,19H2. The van der Waals surface area contributed by atoms with Gasteiger partial charge in [0.05, 0.1) is 25.1 Å². The zero-order valence-corrected chi connectivity index (χ0v) is 18.2. The lowest BCUT2D eigenvalue weighted by Crippen LogP contribution is -2.49. The van der Waals surface area contributed by atoms with Gasteiger partial charge in [-0.2, -0.15) is 0 Å². The number of imidazole rings is 1. The Bertz CT molecular complexity index is 1190. The highest BCUT2D eigenvalue weighted by molar-refractivity contribution is 5.90. The van der Waals surface area contributed by atoms with Crippen LogP contribution in [-0.4, -0.2) is 56.6 Å². The molecule has 0 radical (unpaired) electrons. The molecule has 33 heavy (non-hydrogen) atoms. The highest BCUT2D eigenvalue weighted by Gasteiger charge is 2.43. The second-order valence-corrected chi connectivity index (χ2v) is 8.41. The average molecular weight is 443 g/mol. The van der Waals surface area contributed by atoms with Crippen molar-refractivity contribution in [3.63, 3.8) is 0 Å². The Hall–Kier alpha value is -3.55. The van der Waals surface area contributed by atoms with Crippen molar-refractivity contribution in [3.05, 3.63) is 102 Å². The minimum Gasteiger partial charge on any atom is -0.379 e. The number of benzene rings is 2. The normalized spacial score (nSPS) is 17.1. The minimum absolute atomic E-state index is 0.0562. The molecule has 0 saturated carbocycles. The third-order valence-corrected chi connectivity index (χ3v) is 6.15. The molecule has 1 unspecified atom stereocenters. The summed E-state index contributed by atoms with van der Waals surface area (Å²) in [6, 6.07) is 18.3. The molecule has 5 rings (SSSR count). The molecule has 4 aromatic rings. The number of aromatic nitrogens is 3. The van der Waals surface area contributed by atoms with Crippen molar-refractivity contribution in [1.82, 2.24) is 19.3 Å². The molecule has 1 saturated heterocycles. The van der Waals surface area contributed by atoms with Gasteiger partial charge in [0.15, 0.2) is 11.2 Å². The van der Waals surface area contributed by atoms with E-state index in [2.05, 4.69) is 9.97 Å². The summed E-state index contributed by atoms with van der Waals surface area (Å²) < 4.78 is 7.77. The van der Waals surface area contributed by atoms with Gasteiger partial charge in [-0.05, 0) is 17.5 Å². The number of carbonyl (C=O) groups is 1. The fourth-order valence-corrected chi connectivity index (χ4v) is 4.46. The zero-order valence-electron chi connectivity index (χ0n) is 18.2. The third kappa shape index (κ3) is 4.25. The fraction of sp³-hybridized carbons (Fsp3) is 0.269. The van der Waals surface area contributed by atoms with Crippen molar-refractivity contribution in [2.24, 2.45) is 5.92 Å².